The topological polar surface area (TPSA) is 36.9 Å². The Morgan fingerprint density at radius 2 is 2.04 bits per heavy atom. The zero-order valence-electron chi connectivity index (χ0n) is 14.2. The van der Waals surface area contributed by atoms with E-state index in [1.807, 2.05) is 6.92 Å². The minimum Gasteiger partial charge on any atom is -0.378 e. The molecule has 1 saturated heterocycles. The molecule has 1 fully saturated rings. The fourth-order valence-corrected chi connectivity index (χ4v) is 2.85. The van der Waals surface area contributed by atoms with Crippen molar-refractivity contribution in [2.45, 2.75) is 32.3 Å². The van der Waals surface area contributed by atoms with Gasteiger partial charge in [-0.2, -0.15) is 0 Å². The van der Waals surface area contributed by atoms with Crippen LogP contribution >= 0.6 is 24.0 Å². The van der Waals surface area contributed by atoms with Gasteiger partial charge < -0.3 is 15.0 Å². The Hall–Kier alpha value is -0.960. The summed E-state index contributed by atoms with van der Waals surface area (Å²) in [5.41, 5.74) is 0.378. The normalized spacial score (nSPS) is 16.0. The molecular formula is C17H26F2IN3O. The van der Waals surface area contributed by atoms with Gasteiger partial charge in [-0.1, -0.05) is 0 Å². The van der Waals surface area contributed by atoms with Crippen LogP contribution in [-0.2, 0) is 11.2 Å². The summed E-state index contributed by atoms with van der Waals surface area (Å²) in [6.45, 7) is 5.05. The van der Waals surface area contributed by atoms with E-state index in [2.05, 4.69) is 15.2 Å². The molecule has 1 N–H and O–H groups in total. The second kappa shape index (κ2) is 10.8. The number of benzene rings is 1. The van der Waals surface area contributed by atoms with Crippen molar-refractivity contribution in [1.82, 2.24) is 10.2 Å². The monoisotopic (exact) mass is 453 g/mol. The average molecular weight is 453 g/mol. The Labute approximate surface area is 159 Å². The molecule has 0 bridgehead atoms. The first-order valence-electron chi connectivity index (χ1n) is 8.15. The molecule has 136 valence electrons. The van der Waals surface area contributed by atoms with Crippen LogP contribution in [0.2, 0.25) is 0 Å². The SMILES string of the molecule is CCOC1CCN(C(=NC)NCCc2cc(F)ccc2F)CC1.I. The van der Waals surface area contributed by atoms with Crippen LogP contribution in [0.3, 0.4) is 0 Å². The first-order chi connectivity index (χ1) is 11.1. The van der Waals surface area contributed by atoms with Crippen molar-refractivity contribution in [3.8, 4) is 0 Å². The van der Waals surface area contributed by atoms with Crippen LogP contribution in [0.5, 0.6) is 0 Å². The number of nitrogens with zero attached hydrogens (tertiary/aromatic N) is 2. The van der Waals surface area contributed by atoms with Gasteiger partial charge >= 0.3 is 0 Å². The Bertz CT molecular complexity index is 535. The molecule has 0 unspecified atom stereocenters. The van der Waals surface area contributed by atoms with Gasteiger partial charge in [-0.15, -0.1) is 24.0 Å². The number of piperidine rings is 1. The van der Waals surface area contributed by atoms with E-state index < -0.39 is 5.82 Å². The maximum absolute atomic E-state index is 13.6. The Morgan fingerprint density at radius 3 is 2.67 bits per heavy atom. The van der Waals surface area contributed by atoms with E-state index in [9.17, 15) is 8.78 Å². The summed E-state index contributed by atoms with van der Waals surface area (Å²) in [7, 11) is 1.74. The van der Waals surface area contributed by atoms with Crippen LogP contribution in [0.25, 0.3) is 0 Å². The molecule has 1 aliphatic rings. The predicted molar refractivity (Wildman–Crippen MR) is 103 cm³/mol. The number of hydrogen-bond acceptors (Lipinski definition) is 2. The fraction of sp³-hybridized carbons (Fsp3) is 0.588. The molecule has 0 radical (unpaired) electrons. The maximum atomic E-state index is 13.6. The van der Waals surface area contributed by atoms with Gasteiger partial charge in [0.2, 0.25) is 0 Å². The molecule has 1 aliphatic heterocycles. The number of guanidine groups is 1. The summed E-state index contributed by atoms with van der Waals surface area (Å²) >= 11 is 0. The van der Waals surface area contributed by atoms with Gasteiger partial charge in [-0.3, -0.25) is 4.99 Å². The Balaban J connectivity index is 0.00000288. The Morgan fingerprint density at radius 1 is 1.33 bits per heavy atom. The number of aliphatic imine (C=N–C) groups is 1. The average Bonchev–Trinajstić information content (AvgIpc) is 2.56. The van der Waals surface area contributed by atoms with E-state index in [-0.39, 0.29) is 29.8 Å². The van der Waals surface area contributed by atoms with Crippen molar-refractivity contribution in [1.29, 1.82) is 0 Å². The van der Waals surface area contributed by atoms with Crippen molar-refractivity contribution in [2.75, 3.05) is 33.3 Å². The lowest BCUT2D eigenvalue weighted by Gasteiger charge is -2.34. The maximum Gasteiger partial charge on any atom is 0.193 e. The van der Waals surface area contributed by atoms with Gasteiger partial charge in [0.05, 0.1) is 6.10 Å². The van der Waals surface area contributed by atoms with Gasteiger partial charge in [0.25, 0.3) is 0 Å². The van der Waals surface area contributed by atoms with Crippen molar-refractivity contribution >= 4 is 29.9 Å². The van der Waals surface area contributed by atoms with Gasteiger partial charge in [0.15, 0.2) is 5.96 Å². The molecule has 7 heteroatoms. The van der Waals surface area contributed by atoms with E-state index >= 15 is 0 Å². The lowest BCUT2D eigenvalue weighted by atomic mass is 10.1. The van der Waals surface area contributed by atoms with E-state index in [0.29, 0.717) is 24.6 Å². The van der Waals surface area contributed by atoms with E-state index in [0.717, 1.165) is 50.6 Å². The summed E-state index contributed by atoms with van der Waals surface area (Å²) in [5.74, 6) is 0.0151. The molecule has 24 heavy (non-hydrogen) atoms. The van der Waals surface area contributed by atoms with Crippen LogP contribution < -0.4 is 5.32 Å². The molecule has 2 rings (SSSR count). The molecular weight excluding hydrogens is 427 g/mol. The third-order valence-electron chi connectivity index (χ3n) is 4.04. The predicted octanol–water partition coefficient (Wildman–Crippen LogP) is 3.20. The highest BCUT2D eigenvalue weighted by Crippen LogP contribution is 2.14. The standard InChI is InChI=1S/C17H25F2N3O.HI/c1-3-23-15-7-10-22(11-8-15)17(20-2)21-9-6-13-12-14(18)4-5-16(13)19;/h4-5,12,15H,3,6-11H2,1-2H3,(H,20,21);1H. The zero-order chi connectivity index (χ0) is 16.7. The molecule has 0 aliphatic carbocycles. The van der Waals surface area contributed by atoms with Crippen LogP contribution in [0.15, 0.2) is 23.2 Å². The minimum absolute atomic E-state index is 0. The third-order valence-corrected chi connectivity index (χ3v) is 4.04. The number of rotatable bonds is 5. The molecule has 4 nitrogen and oxygen atoms in total. The zero-order valence-corrected chi connectivity index (χ0v) is 16.6. The number of ether oxygens (including phenoxy) is 1. The quantitative estimate of drug-likeness (QED) is 0.423. The van der Waals surface area contributed by atoms with Gasteiger partial charge in [0.1, 0.15) is 11.6 Å². The molecule has 0 atom stereocenters. The lowest BCUT2D eigenvalue weighted by Crippen LogP contribution is -2.47. The molecule has 0 aromatic heterocycles. The number of likely N-dealkylation sites (tertiary alicyclic amines) is 1. The van der Waals surface area contributed by atoms with Crippen molar-refractivity contribution < 1.29 is 13.5 Å². The summed E-state index contributed by atoms with van der Waals surface area (Å²) < 4.78 is 32.4. The molecule has 1 aromatic rings. The van der Waals surface area contributed by atoms with Gasteiger partial charge in [0, 0.05) is 33.3 Å². The van der Waals surface area contributed by atoms with Gasteiger partial charge in [-0.05, 0) is 49.9 Å². The van der Waals surface area contributed by atoms with Crippen LogP contribution in [-0.4, -0.2) is 50.3 Å². The number of hydrogen-bond donors (Lipinski definition) is 1. The first kappa shape index (κ1) is 21.1. The largest absolute Gasteiger partial charge is 0.378 e. The van der Waals surface area contributed by atoms with Crippen LogP contribution in [0, 0.1) is 11.6 Å². The van der Waals surface area contributed by atoms with Crippen LogP contribution in [0.1, 0.15) is 25.3 Å². The highest BCUT2D eigenvalue weighted by Gasteiger charge is 2.21. The second-order valence-electron chi connectivity index (χ2n) is 5.60. The van der Waals surface area contributed by atoms with Crippen LogP contribution in [0.4, 0.5) is 8.78 Å². The smallest absolute Gasteiger partial charge is 0.193 e. The fourth-order valence-electron chi connectivity index (χ4n) is 2.85. The number of halogens is 3. The molecule has 0 saturated carbocycles. The molecule has 1 aromatic carbocycles. The minimum atomic E-state index is -0.413. The first-order valence-corrected chi connectivity index (χ1v) is 8.15. The molecule has 0 spiro atoms. The van der Waals surface area contributed by atoms with E-state index in [1.54, 1.807) is 7.05 Å². The highest BCUT2D eigenvalue weighted by atomic mass is 127. The Kier molecular flexibility index (Phi) is 9.50. The van der Waals surface area contributed by atoms with Crippen molar-refractivity contribution in [3.05, 3.63) is 35.4 Å². The lowest BCUT2D eigenvalue weighted by molar-refractivity contribution is 0.0264. The van der Waals surface area contributed by atoms with Crippen molar-refractivity contribution in [3.63, 3.8) is 0 Å². The summed E-state index contributed by atoms with van der Waals surface area (Å²) in [4.78, 5) is 6.45. The van der Waals surface area contributed by atoms with Gasteiger partial charge in [-0.25, -0.2) is 8.78 Å². The molecule has 0 amide bonds. The summed E-state index contributed by atoms with van der Waals surface area (Å²) in [6, 6.07) is 3.54. The third kappa shape index (κ3) is 6.16. The van der Waals surface area contributed by atoms with E-state index in [4.69, 9.17) is 4.74 Å². The second-order valence-corrected chi connectivity index (χ2v) is 5.60. The summed E-state index contributed by atoms with van der Waals surface area (Å²) in [5, 5.41) is 3.23. The summed E-state index contributed by atoms with van der Waals surface area (Å²) in [6.07, 6.45) is 2.70. The number of nitrogens with one attached hydrogen (secondary N) is 1. The van der Waals surface area contributed by atoms with E-state index in [1.165, 1.54) is 6.07 Å². The van der Waals surface area contributed by atoms with Crippen molar-refractivity contribution in [2.24, 2.45) is 4.99 Å². The highest BCUT2D eigenvalue weighted by molar-refractivity contribution is 14.0. The molecule has 1 heterocycles.